The SMILES string of the molecule is O=C(CCc1ccc(Oc2ncc(N(Cc3ccccc3)Cc3ccccc3)cn2)cc1)N1CCN(Cc2ccccc2)CC1. The molecule has 1 fully saturated rings. The maximum atomic E-state index is 12.9. The number of ether oxygens (including phenoxy) is 1. The van der Waals surface area contributed by atoms with E-state index in [1.807, 2.05) is 59.8 Å². The van der Waals surface area contributed by atoms with E-state index in [9.17, 15) is 4.79 Å². The van der Waals surface area contributed by atoms with Crippen molar-refractivity contribution in [2.45, 2.75) is 32.5 Å². The lowest BCUT2D eigenvalue weighted by molar-refractivity contribution is -0.133. The summed E-state index contributed by atoms with van der Waals surface area (Å²) in [5.41, 5.74) is 5.78. The average Bonchev–Trinajstić information content (AvgIpc) is 3.10. The number of piperazine rings is 1. The summed E-state index contributed by atoms with van der Waals surface area (Å²) in [5, 5.41) is 0. The molecule has 228 valence electrons. The summed E-state index contributed by atoms with van der Waals surface area (Å²) in [6, 6.07) is 39.5. The fourth-order valence-electron chi connectivity index (χ4n) is 5.61. The molecule has 0 spiro atoms. The zero-order valence-electron chi connectivity index (χ0n) is 25.5. The lowest BCUT2D eigenvalue weighted by Gasteiger charge is -2.34. The first-order valence-electron chi connectivity index (χ1n) is 15.6. The fourth-order valence-corrected chi connectivity index (χ4v) is 5.61. The molecule has 4 aromatic carbocycles. The zero-order valence-corrected chi connectivity index (χ0v) is 25.5. The van der Waals surface area contributed by atoms with Gasteiger partial charge in [0.2, 0.25) is 5.91 Å². The largest absolute Gasteiger partial charge is 0.424 e. The Hall–Kier alpha value is -5.01. The smallest absolute Gasteiger partial charge is 0.322 e. The second kappa shape index (κ2) is 15.1. The fraction of sp³-hybridized carbons (Fsp3) is 0.237. The lowest BCUT2D eigenvalue weighted by atomic mass is 10.1. The summed E-state index contributed by atoms with van der Waals surface area (Å²) in [5.74, 6) is 0.884. The first-order chi connectivity index (χ1) is 22.2. The highest BCUT2D eigenvalue weighted by Crippen LogP contribution is 2.23. The van der Waals surface area contributed by atoms with E-state index < -0.39 is 0 Å². The number of anilines is 1. The number of carbonyl (C=O) groups is 1. The number of aromatic nitrogens is 2. The van der Waals surface area contributed by atoms with Crippen LogP contribution in [-0.2, 0) is 30.8 Å². The van der Waals surface area contributed by atoms with Crippen molar-refractivity contribution >= 4 is 11.6 Å². The van der Waals surface area contributed by atoms with Gasteiger partial charge in [-0.1, -0.05) is 103 Å². The minimum Gasteiger partial charge on any atom is -0.424 e. The Morgan fingerprint density at radius 2 is 1.18 bits per heavy atom. The van der Waals surface area contributed by atoms with Gasteiger partial charge in [0.15, 0.2) is 0 Å². The van der Waals surface area contributed by atoms with E-state index in [2.05, 4.69) is 92.6 Å². The molecule has 0 N–H and O–H groups in total. The van der Waals surface area contributed by atoms with Crippen molar-refractivity contribution in [2.24, 2.45) is 0 Å². The van der Waals surface area contributed by atoms with E-state index in [0.717, 1.165) is 57.1 Å². The second-order valence-electron chi connectivity index (χ2n) is 11.4. The first kappa shape index (κ1) is 30.0. The quantitative estimate of drug-likeness (QED) is 0.159. The molecule has 0 aliphatic carbocycles. The maximum Gasteiger partial charge on any atom is 0.322 e. The number of rotatable bonds is 12. The molecular weight excluding hydrogens is 558 g/mol. The van der Waals surface area contributed by atoms with Gasteiger partial charge >= 0.3 is 6.01 Å². The van der Waals surface area contributed by atoms with Gasteiger partial charge in [-0.2, -0.15) is 0 Å². The van der Waals surface area contributed by atoms with Crippen molar-refractivity contribution in [1.29, 1.82) is 0 Å². The Morgan fingerprint density at radius 1 is 0.644 bits per heavy atom. The van der Waals surface area contributed by atoms with Crippen LogP contribution in [0.15, 0.2) is 128 Å². The highest BCUT2D eigenvalue weighted by atomic mass is 16.5. The molecular formula is C38H39N5O2. The van der Waals surface area contributed by atoms with Crippen molar-refractivity contribution in [3.63, 3.8) is 0 Å². The van der Waals surface area contributed by atoms with Gasteiger partial charge in [-0.25, -0.2) is 9.97 Å². The van der Waals surface area contributed by atoms with Gasteiger partial charge in [0.25, 0.3) is 0 Å². The van der Waals surface area contributed by atoms with Gasteiger partial charge in [0.05, 0.1) is 18.1 Å². The van der Waals surface area contributed by atoms with Gasteiger partial charge in [0.1, 0.15) is 5.75 Å². The summed E-state index contributed by atoms with van der Waals surface area (Å²) in [4.78, 5) is 28.6. The normalized spacial score (nSPS) is 13.4. The van der Waals surface area contributed by atoms with Crippen LogP contribution in [-0.4, -0.2) is 51.9 Å². The van der Waals surface area contributed by atoms with Crippen molar-refractivity contribution in [3.8, 4) is 11.8 Å². The number of benzene rings is 4. The number of hydrogen-bond acceptors (Lipinski definition) is 6. The highest BCUT2D eigenvalue weighted by Gasteiger charge is 2.21. The number of carbonyl (C=O) groups excluding carboxylic acids is 1. The molecule has 0 bridgehead atoms. The molecule has 6 rings (SSSR count). The van der Waals surface area contributed by atoms with Gasteiger partial charge in [0, 0.05) is 52.2 Å². The molecule has 1 aliphatic heterocycles. The molecule has 5 aromatic rings. The van der Waals surface area contributed by atoms with Crippen LogP contribution < -0.4 is 9.64 Å². The highest BCUT2D eigenvalue weighted by molar-refractivity contribution is 5.76. The molecule has 0 radical (unpaired) electrons. The van der Waals surface area contributed by atoms with Gasteiger partial charge in [-0.05, 0) is 40.8 Å². The minimum atomic E-state index is 0.219. The van der Waals surface area contributed by atoms with Gasteiger partial charge in [-0.3, -0.25) is 9.69 Å². The van der Waals surface area contributed by atoms with Crippen molar-refractivity contribution in [2.75, 3.05) is 31.1 Å². The van der Waals surface area contributed by atoms with Crippen LogP contribution in [0.1, 0.15) is 28.7 Å². The summed E-state index contributed by atoms with van der Waals surface area (Å²) in [6.07, 6.45) is 4.84. The summed E-state index contributed by atoms with van der Waals surface area (Å²) >= 11 is 0. The number of amides is 1. The van der Waals surface area contributed by atoms with Crippen LogP contribution in [0.5, 0.6) is 11.8 Å². The van der Waals surface area contributed by atoms with Gasteiger partial charge < -0.3 is 14.5 Å². The molecule has 0 atom stereocenters. The van der Waals surface area contributed by atoms with E-state index in [1.54, 1.807) is 0 Å². The van der Waals surface area contributed by atoms with E-state index in [-0.39, 0.29) is 5.91 Å². The van der Waals surface area contributed by atoms with Crippen LogP contribution in [0.3, 0.4) is 0 Å². The van der Waals surface area contributed by atoms with E-state index in [1.165, 1.54) is 16.7 Å². The molecule has 7 heteroatoms. The molecule has 0 saturated carbocycles. The Balaban J connectivity index is 0.987. The molecule has 45 heavy (non-hydrogen) atoms. The monoisotopic (exact) mass is 597 g/mol. The number of nitrogens with zero attached hydrogens (tertiary/aromatic N) is 5. The molecule has 1 amide bonds. The topological polar surface area (TPSA) is 61.8 Å². The number of hydrogen-bond donors (Lipinski definition) is 0. The first-order valence-corrected chi connectivity index (χ1v) is 15.6. The van der Waals surface area contributed by atoms with Crippen LogP contribution in [0, 0.1) is 0 Å². The molecule has 1 aromatic heterocycles. The van der Waals surface area contributed by atoms with E-state index in [0.29, 0.717) is 24.6 Å². The third-order valence-electron chi connectivity index (χ3n) is 8.15. The minimum absolute atomic E-state index is 0.219. The third kappa shape index (κ3) is 8.77. The van der Waals surface area contributed by atoms with E-state index in [4.69, 9.17) is 4.74 Å². The third-order valence-corrected chi connectivity index (χ3v) is 8.15. The Labute approximate surface area is 265 Å². The summed E-state index contributed by atoms with van der Waals surface area (Å²) < 4.78 is 5.96. The Bertz CT molecular complexity index is 1570. The lowest BCUT2D eigenvalue weighted by Crippen LogP contribution is -2.48. The van der Waals surface area contributed by atoms with Crippen LogP contribution in [0.2, 0.25) is 0 Å². The average molecular weight is 598 g/mol. The molecule has 7 nitrogen and oxygen atoms in total. The predicted molar refractivity (Wildman–Crippen MR) is 178 cm³/mol. The van der Waals surface area contributed by atoms with Crippen molar-refractivity contribution in [3.05, 3.63) is 150 Å². The zero-order chi connectivity index (χ0) is 30.7. The molecule has 2 heterocycles. The predicted octanol–water partition coefficient (Wildman–Crippen LogP) is 6.75. The summed E-state index contributed by atoms with van der Waals surface area (Å²) in [7, 11) is 0. The van der Waals surface area contributed by atoms with Crippen LogP contribution >= 0.6 is 0 Å². The maximum absolute atomic E-state index is 12.9. The van der Waals surface area contributed by atoms with Crippen LogP contribution in [0.4, 0.5) is 5.69 Å². The van der Waals surface area contributed by atoms with Crippen molar-refractivity contribution in [1.82, 2.24) is 19.8 Å². The second-order valence-corrected chi connectivity index (χ2v) is 11.4. The Kier molecular flexibility index (Phi) is 10.1. The number of aryl methyl sites for hydroxylation is 1. The molecule has 1 aliphatic rings. The van der Waals surface area contributed by atoms with Crippen LogP contribution in [0.25, 0.3) is 0 Å². The van der Waals surface area contributed by atoms with E-state index >= 15 is 0 Å². The summed E-state index contributed by atoms with van der Waals surface area (Å²) in [6.45, 7) is 5.82. The van der Waals surface area contributed by atoms with Gasteiger partial charge in [-0.15, -0.1) is 0 Å². The molecule has 0 unspecified atom stereocenters. The van der Waals surface area contributed by atoms with Crippen molar-refractivity contribution < 1.29 is 9.53 Å². The molecule has 1 saturated heterocycles. The Morgan fingerprint density at radius 3 is 1.73 bits per heavy atom. The standard InChI is InChI=1S/C38H39N5O2/c44-37(42-24-22-41(23-25-42)28-32-10-4-1-5-11-32)21-18-31-16-19-36(20-17-31)45-38-39-26-35(27-40-38)43(29-33-12-6-2-7-13-33)30-34-14-8-3-9-15-34/h1-17,19-20,26-27H,18,21-25,28-30H2.